The van der Waals surface area contributed by atoms with Gasteiger partial charge >= 0.3 is 0 Å². The van der Waals surface area contributed by atoms with Crippen LogP contribution in [-0.2, 0) is 0 Å². The van der Waals surface area contributed by atoms with E-state index in [1.165, 1.54) is 24.8 Å². The molecule has 22 heavy (non-hydrogen) atoms. The molecule has 3 atom stereocenters. The van der Waals surface area contributed by atoms with Crippen LogP contribution in [-0.4, -0.2) is 41.3 Å². The Kier molecular flexibility index (Phi) is 6.27. The molecule has 1 aromatic rings. The number of benzene rings is 1. The molecule has 1 saturated heterocycles. The Hall–Kier alpha value is -1.06. The van der Waals surface area contributed by atoms with Gasteiger partial charge < -0.3 is 9.84 Å². The molecule has 0 spiro atoms. The van der Waals surface area contributed by atoms with Gasteiger partial charge in [-0.1, -0.05) is 32.4 Å². The van der Waals surface area contributed by atoms with Gasteiger partial charge in [-0.05, 0) is 50.3 Å². The van der Waals surface area contributed by atoms with E-state index in [2.05, 4.69) is 44.7 Å². The zero-order valence-corrected chi connectivity index (χ0v) is 14.5. The van der Waals surface area contributed by atoms with Crippen molar-refractivity contribution in [3.63, 3.8) is 0 Å². The lowest BCUT2D eigenvalue weighted by molar-refractivity contribution is 0.0209. The van der Waals surface area contributed by atoms with Gasteiger partial charge in [0.1, 0.15) is 18.5 Å². The quantitative estimate of drug-likeness (QED) is 0.867. The van der Waals surface area contributed by atoms with Gasteiger partial charge in [0, 0.05) is 18.6 Å². The Morgan fingerprint density at radius 3 is 2.27 bits per heavy atom. The summed E-state index contributed by atoms with van der Waals surface area (Å²) in [5.41, 5.74) is 1.31. The summed E-state index contributed by atoms with van der Waals surface area (Å²) < 4.78 is 5.74. The van der Waals surface area contributed by atoms with Gasteiger partial charge in [-0.3, -0.25) is 4.90 Å². The number of rotatable bonds is 6. The molecule has 0 aromatic heterocycles. The Bertz CT molecular complexity index is 433. The fraction of sp³-hybridized carbons (Fsp3) is 0.684. The highest BCUT2D eigenvalue weighted by molar-refractivity contribution is 5.28. The lowest BCUT2D eigenvalue weighted by Crippen LogP contribution is -2.48. The topological polar surface area (TPSA) is 32.7 Å². The lowest BCUT2D eigenvalue weighted by atomic mass is 9.97. The average molecular weight is 305 g/mol. The maximum Gasteiger partial charge on any atom is 0.119 e. The van der Waals surface area contributed by atoms with Crippen molar-refractivity contribution < 1.29 is 9.84 Å². The Morgan fingerprint density at radius 1 is 1.14 bits per heavy atom. The number of likely N-dealkylation sites (tertiary alicyclic amines) is 1. The van der Waals surface area contributed by atoms with Gasteiger partial charge in [-0.25, -0.2) is 0 Å². The van der Waals surface area contributed by atoms with Crippen molar-refractivity contribution in [3.05, 3.63) is 29.8 Å². The summed E-state index contributed by atoms with van der Waals surface area (Å²) in [6, 6.07) is 9.30. The summed E-state index contributed by atoms with van der Waals surface area (Å²) >= 11 is 0. The molecule has 1 N–H and O–H groups in total. The normalized spacial score (nSPS) is 24.5. The molecule has 3 heteroatoms. The van der Waals surface area contributed by atoms with Crippen LogP contribution in [0.15, 0.2) is 24.3 Å². The van der Waals surface area contributed by atoms with Gasteiger partial charge in [0.2, 0.25) is 0 Å². The number of piperidine rings is 1. The first-order valence-corrected chi connectivity index (χ1v) is 8.64. The lowest BCUT2D eigenvalue weighted by Gasteiger charge is -2.40. The largest absolute Gasteiger partial charge is 0.491 e. The van der Waals surface area contributed by atoms with Crippen molar-refractivity contribution >= 4 is 0 Å². The van der Waals surface area contributed by atoms with Crippen molar-refractivity contribution in [3.8, 4) is 5.75 Å². The molecule has 0 saturated carbocycles. The fourth-order valence-corrected chi connectivity index (χ4v) is 3.27. The molecule has 1 fully saturated rings. The van der Waals surface area contributed by atoms with Gasteiger partial charge in [0.05, 0.1) is 0 Å². The molecule has 0 radical (unpaired) electrons. The van der Waals surface area contributed by atoms with Crippen LogP contribution in [0.25, 0.3) is 0 Å². The predicted octanol–water partition coefficient (Wildman–Crippen LogP) is 3.81. The van der Waals surface area contributed by atoms with Crippen LogP contribution < -0.4 is 4.74 Å². The maximum atomic E-state index is 10.3. The first kappa shape index (κ1) is 17.3. The van der Waals surface area contributed by atoms with E-state index in [1.54, 1.807) is 0 Å². The van der Waals surface area contributed by atoms with E-state index in [0.29, 0.717) is 31.2 Å². The molecular weight excluding hydrogens is 274 g/mol. The van der Waals surface area contributed by atoms with Crippen molar-refractivity contribution in [2.45, 2.75) is 71.1 Å². The number of nitrogens with zero attached hydrogens (tertiary/aromatic N) is 1. The highest BCUT2D eigenvalue weighted by atomic mass is 16.5. The van der Waals surface area contributed by atoms with Crippen LogP contribution in [0.1, 0.15) is 58.4 Å². The Morgan fingerprint density at radius 2 is 1.73 bits per heavy atom. The number of hydrogen-bond donors (Lipinski definition) is 1. The highest BCUT2D eigenvalue weighted by Gasteiger charge is 2.26. The second-order valence-electron chi connectivity index (χ2n) is 7.01. The van der Waals surface area contributed by atoms with Crippen LogP contribution in [0.2, 0.25) is 0 Å². The van der Waals surface area contributed by atoms with Gasteiger partial charge in [-0.2, -0.15) is 0 Å². The highest BCUT2D eigenvalue weighted by Crippen LogP contribution is 2.23. The SMILES string of the molecule is CC(C)c1ccc(OC[C@H](O)CN2[C@H](C)CCC[C@@H]2C)cc1. The monoisotopic (exact) mass is 305 g/mol. The molecule has 1 aliphatic rings. The van der Waals surface area contributed by atoms with Crippen LogP contribution in [0, 0.1) is 0 Å². The third-order valence-corrected chi connectivity index (χ3v) is 4.79. The molecule has 0 unspecified atom stereocenters. The number of aliphatic hydroxyl groups excluding tert-OH is 1. The minimum atomic E-state index is -0.437. The summed E-state index contributed by atoms with van der Waals surface area (Å²) in [6.45, 7) is 9.94. The van der Waals surface area contributed by atoms with Crippen LogP contribution in [0.4, 0.5) is 0 Å². The van der Waals surface area contributed by atoms with E-state index in [9.17, 15) is 5.11 Å². The van der Waals surface area contributed by atoms with Crippen LogP contribution in [0.5, 0.6) is 5.75 Å². The van der Waals surface area contributed by atoms with Crippen LogP contribution in [0.3, 0.4) is 0 Å². The van der Waals surface area contributed by atoms with E-state index >= 15 is 0 Å². The van der Waals surface area contributed by atoms with E-state index in [0.717, 1.165) is 5.75 Å². The van der Waals surface area contributed by atoms with E-state index < -0.39 is 6.10 Å². The van der Waals surface area contributed by atoms with E-state index in [-0.39, 0.29) is 0 Å². The summed E-state index contributed by atoms with van der Waals surface area (Å²) in [4.78, 5) is 2.42. The maximum absolute atomic E-state index is 10.3. The summed E-state index contributed by atoms with van der Waals surface area (Å²) in [6.07, 6.45) is 3.32. The molecule has 1 heterocycles. The second-order valence-corrected chi connectivity index (χ2v) is 7.01. The number of hydrogen-bond acceptors (Lipinski definition) is 3. The molecule has 124 valence electrons. The average Bonchev–Trinajstić information content (AvgIpc) is 2.49. The van der Waals surface area contributed by atoms with E-state index in [1.807, 2.05) is 12.1 Å². The number of ether oxygens (including phenoxy) is 1. The number of aliphatic hydroxyl groups is 1. The molecule has 3 nitrogen and oxygen atoms in total. The molecule has 0 bridgehead atoms. The third kappa shape index (κ3) is 4.72. The van der Waals surface area contributed by atoms with Gasteiger partial charge in [0.15, 0.2) is 0 Å². The molecular formula is C19H31NO2. The van der Waals surface area contributed by atoms with E-state index in [4.69, 9.17) is 4.74 Å². The zero-order chi connectivity index (χ0) is 16.1. The van der Waals surface area contributed by atoms with Crippen molar-refractivity contribution in [1.29, 1.82) is 0 Å². The van der Waals surface area contributed by atoms with Crippen molar-refractivity contribution in [2.24, 2.45) is 0 Å². The first-order chi connectivity index (χ1) is 10.5. The fourth-order valence-electron chi connectivity index (χ4n) is 3.27. The standard InChI is InChI=1S/C19H31NO2/c1-14(2)17-8-10-19(11-9-17)22-13-18(21)12-20-15(3)6-5-7-16(20)4/h8-11,14-16,18,21H,5-7,12-13H2,1-4H3/t15-,16+,18-/m1/s1. The zero-order valence-electron chi connectivity index (χ0n) is 14.5. The minimum Gasteiger partial charge on any atom is -0.491 e. The Labute approximate surface area is 135 Å². The third-order valence-electron chi connectivity index (χ3n) is 4.79. The van der Waals surface area contributed by atoms with Gasteiger partial charge in [0.25, 0.3) is 0 Å². The Balaban J connectivity index is 1.80. The van der Waals surface area contributed by atoms with Crippen LogP contribution >= 0.6 is 0 Å². The van der Waals surface area contributed by atoms with Crippen molar-refractivity contribution in [2.75, 3.05) is 13.2 Å². The smallest absolute Gasteiger partial charge is 0.119 e. The molecule has 1 aliphatic heterocycles. The van der Waals surface area contributed by atoms with Crippen molar-refractivity contribution in [1.82, 2.24) is 4.90 Å². The molecule has 2 rings (SSSR count). The molecule has 0 aliphatic carbocycles. The second kappa shape index (κ2) is 7.98. The summed E-state index contributed by atoms with van der Waals surface area (Å²) in [7, 11) is 0. The molecule has 1 aromatic carbocycles. The molecule has 0 amide bonds. The minimum absolute atomic E-state index is 0.358. The predicted molar refractivity (Wildman–Crippen MR) is 91.5 cm³/mol. The summed E-state index contributed by atoms with van der Waals surface area (Å²) in [5.74, 6) is 1.37. The van der Waals surface area contributed by atoms with Gasteiger partial charge in [-0.15, -0.1) is 0 Å². The number of β-amino-alcohol motifs (C(OH)–C–C–N with tert-alkyl or cyclic N) is 1. The first-order valence-electron chi connectivity index (χ1n) is 8.64. The summed E-state index contributed by atoms with van der Waals surface area (Å²) in [5, 5.41) is 10.3.